The predicted octanol–water partition coefficient (Wildman–Crippen LogP) is 1.39. The molecule has 0 radical (unpaired) electrons. The highest BCUT2D eigenvalue weighted by Gasteiger charge is 2.27. The summed E-state index contributed by atoms with van der Waals surface area (Å²) in [5.74, 6) is -2.56. The molecule has 0 aromatic heterocycles. The van der Waals surface area contributed by atoms with Crippen molar-refractivity contribution >= 4 is 17.3 Å². The zero-order valence-corrected chi connectivity index (χ0v) is 10.5. The SMILES string of the molecule is O=C(O)c1cc([N+](=O)[O-])c(N2CCC(O)CC2)cc1F. The van der Waals surface area contributed by atoms with Crippen molar-refractivity contribution < 1.29 is 24.3 Å². The number of carbonyl (C=O) groups is 1. The number of hydrogen-bond donors (Lipinski definition) is 2. The van der Waals surface area contributed by atoms with Crippen LogP contribution in [0.4, 0.5) is 15.8 Å². The van der Waals surface area contributed by atoms with Crippen molar-refractivity contribution in [3.63, 3.8) is 0 Å². The Morgan fingerprint density at radius 2 is 2.00 bits per heavy atom. The third kappa shape index (κ3) is 2.69. The highest BCUT2D eigenvalue weighted by atomic mass is 19.1. The molecule has 7 nitrogen and oxygen atoms in total. The second-order valence-electron chi connectivity index (χ2n) is 4.60. The maximum atomic E-state index is 13.7. The van der Waals surface area contributed by atoms with Gasteiger partial charge in [0.1, 0.15) is 17.1 Å². The first kappa shape index (κ1) is 14.2. The van der Waals surface area contributed by atoms with Crippen LogP contribution in [0.25, 0.3) is 0 Å². The Bertz CT molecular complexity index is 555. The van der Waals surface area contributed by atoms with Crippen LogP contribution >= 0.6 is 0 Å². The molecule has 0 bridgehead atoms. The van der Waals surface area contributed by atoms with E-state index in [9.17, 15) is 24.4 Å². The van der Waals surface area contributed by atoms with Crippen molar-refractivity contribution in [1.82, 2.24) is 0 Å². The quantitative estimate of drug-likeness (QED) is 0.642. The molecule has 0 aliphatic carbocycles. The number of anilines is 1. The topological polar surface area (TPSA) is 104 Å². The average Bonchev–Trinajstić information content (AvgIpc) is 2.38. The zero-order valence-electron chi connectivity index (χ0n) is 10.5. The number of piperidine rings is 1. The lowest BCUT2D eigenvalue weighted by Gasteiger charge is -2.31. The number of aliphatic hydroxyl groups is 1. The molecule has 0 atom stereocenters. The monoisotopic (exact) mass is 284 g/mol. The van der Waals surface area contributed by atoms with Crippen LogP contribution in [0, 0.1) is 15.9 Å². The molecule has 1 aliphatic heterocycles. The van der Waals surface area contributed by atoms with Gasteiger partial charge in [0, 0.05) is 25.2 Å². The highest BCUT2D eigenvalue weighted by Crippen LogP contribution is 2.32. The van der Waals surface area contributed by atoms with E-state index in [1.165, 1.54) is 0 Å². The Balaban J connectivity index is 2.44. The lowest BCUT2D eigenvalue weighted by Crippen LogP contribution is -2.36. The fourth-order valence-corrected chi connectivity index (χ4v) is 2.22. The van der Waals surface area contributed by atoms with Crippen LogP contribution in [0.1, 0.15) is 23.2 Å². The van der Waals surface area contributed by atoms with E-state index in [1.807, 2.05) is 0 Å². The van der Waals surface area contributed by atoms with Crippen molar-refractivity contribution in [3.05, 3.63) is 33.6 Å². The van der Waals surface area contributed by atoms with Crippen LogP contribution < -0.4 is 4.90 Å². The third-order valence-electron chi connectivity index (χ3n) is 3.30. The Labute approximate surface area is 113 Å². The summed E-state index contributed by atoms with van der Waals surface area (Å²) in [6.45, 7) is 0.710. The van der Waals surface area contributed by atoms with E-state index in [-0.39, 0.29) is 5.69 Å². The number of rotatable bonds is 3. The van der Waals surface area contributed by atoms with Gasteiger partial charge < -0.3 is 15.1 Å². The molecule has 1 aliphatic rings. The van der Waals surface area contributed by atoms with Gasteiger partial charge in [-0.2, -0.15) is 0 Å². The van der Waals surface area contributed by atoms with Crippen LogP contribution in [0.5, 0.6) is 0 Å². The largest absolute Gasteiger partial charge is 0.478 e. The molecule has 0 amide bonds. The number of hydrogen-bond acceptors (Lipinski definition) is 5. The Morgan fingerprint density at radius 1 is 1.40 bits per heavy atom. The van der Waals surface area contributed by atoms with Gasteiger partial charge in [-0.3, -0.25) is 10.1 Å². The number of aromatic carboxylic acids is 1. The lowest BCUT2D eigenvalue weighted by atomic mass is 10.1. The molecular weight excluding hydrogens is 271 g/mol. The van der Waals surface area contributed by atoms with Crippen LogP contribution in [-0.2, 0) is 0 Å². The summed E-state index contributed by atoms with van der Waals surface area (Å²) in [4.78, 5) is 22.7. The molecule has 0 saturated carbocycles. The van der Waals surface area contributed by atoms with Gasteiger partial charge in [0.25, 0.3) is 5.69 Å². The first-order chi connectivity index (χ1) is 9.40. The van der Waals surface area contributed by atoms with Crippen molar-refractivity contribution in [1.29, 1.82) is 0 Å². The molecule has 20 heavy (non-hydrogen) atoms. The molecule has 1 fully saturated rings. The van der Waals surface area contributed by atoms with Gasteiger partial charge >= 0.3 is 5.97 Å². The van der Waals surface area contributed by atoms with E-state index in [0.717, 1.165) is 12.1 Å². The summed E-state index contributed by atoms with van der Waals surface area (Å²) in [5.41, 5.74) is -1.12. The van der Waals surface area contributed by atoms with Crippen LogP contribution in [-0.4, -0.2) is 40.3 Å². The molecule has 2 N–H and O–H groups in total. The minimum absolute atomic E-state index is 0.0457. The van der Waals surface area contributed by atoms with E-state index in [1.54, 1.807) is 4.90 Å². The van der Waals surface area contributed by atoms with Crippen molar-refractivity contribution in [3.8, 4) is 0 Å². The van der Waals surface area contributed by atoms with E-state index < -0.39 is 34.1 Å². The summed E-state index contributed by atoms with van der Waals surface area (Å²) in [7, 11) is 0. The lowest BCUT2D eigenvalue weighted by molar-refractivity contribution is -0.384. The molecule has 0 unspecified atom stereocenters. The molecule has 1 heterocycles. The molecule has 8 heteroatoms. The molecule has 1 aromatic carbocycles. The number of nitrogens with zero attached hydrogens (tertiary/aromatic N) is 2. The Morgan fingerprint density at radius 3 is 2.50 bits per heavy atom. The minimum Gasteiger partial charge on any atom is -0.478 e. The van der Waals surface area contributed by atoms with E-state index in [0.29, 0.717) is 25.9 Å². The van der Waals surface area contributed by atoms with E-state index in [2.05, 4.69) is 0 Å². The van der Waals surface area contributed by atoms with E-state index in [4.69, 9.17) is 5.11 Å². The number of carboxylic acids is 1. The first-order valence-electron chi connectivity index (χ1n) is 6.04. The maximum Gasteiger partial charge on any atom is 0.338 e. The summed E-state index contributed by atoms with van der Waals surface area (Å²) in [6.07, 6.45) is 0.396. The molecule has 0 spiro atoms. The van der Waals surface area contributed by atoms with Crippen molar-refractivity contribution in [2.45, 2.75) is 18.9 Å². The van der Waals surface area contributed by atoms with Gasteiger partial charge in [0.15, 0.2) is 0 Å². The first-order valence-corrected chi connectivity index (χ1v) is 6.04. The number of halogens is 1. The highest BCUT2D eigenvalue weighted by molar-refractivity contribution is 5.90. The number of aliphatic hydroxyl groups excluding tert-OH is 1. The van der Waals surface area contributed by atoms with Gasteiger partial charge in [0.05, 0.1) is 11.0 Å². The second-order valence-corrected chi connectivity index (χ2v) is 4.60. The van der Waals surface area contributed by atoms with Crippen molar-refractivity contribution in [2.24, 2.45) is 0 Å². The average molecular weight is 284 g/mol. The van der Waals surface area contributed by atoms with Crippen LogP contribution in [0.15, 0.2) is 12.1 Å². The van der Waals surface area contributed by atoms with Gasteiger partial charge in [-0.05, 0) is 12.8 Å². The maximum absolute atomic E-state index is 13.7. The number of benzene rings is 1. The second kappa shape index (κ2) is 5.41. The fraction of sp³-hybridized carbons (Fsp3) is 0.417. The molecule has 1 saturated heterocycles. The predicted molar refractivity (Wildman–Crippen MR) is 67.5 cm³/mol. The zero-order chi connectivity index (χ0) is 14.9. The minimum atomic E-state index is -1.55. The number of nitro benzene ring substituents is 1. The summed E-state index contributed by atoms with van der Waals surface area (Å²) in [5, 5.41) is 29.2. The summed E-state index contributed by atoms with van der Waals surface area (Å²) < 4.78 is 13.7. The van der Waals surface area contributed by atoms with Crippen molar-refractivity contribution in [2.75, 3.05) is 18.0 Å². The smallest absolute Gasteiger partial charge is 0.338 e. The van der Waals surface area contributed by atoms with Gasteiger partial charge in [-0.1, -0.05) is 0 Å². The normalized spacial score (nSPS) is 16.2. The molecule has 108 valence electrons. The van der Waals surface area contributed by atoms with Crippen LogP contribution in [0.2, 0.25) is 0 Å². The molecular formula is C12H13FN2O5. The van der Waals surface area contributed by atoms with Crippen LogP contribution in [0.3, 0.4) is 0 Å². The summed E-state index contributed by atoms with van der Waals surface area (Å²) in [6, 6.07) is 1.61. The fourth-order valence-electron chi connectivity index (χ4n) is 2.22. The Hall–Kier alpha value is -2.22. The van der Waals surface area contributed by atoms with E-state index >= 15 is 0 Å². The Kier molecular flexibility index (Phi) is 3.84. The molecule has 2 rings (SSSR count). The standard InChI is InChI=1S/C12H13FN2O5/c13-9-6-10(14-3-1-7(16)2-4-14)11(15(19)20)5-8(9)12(17)18/h5-7,16H,1-4H2,(H,17,18). The third-order valence-corrected chi connectivity index (χ3v) is 3.30. The van der Waals surface area contributed by atoms with Gasteiger partial charge in [-0.25, -0.2) is 9.18 Å². The van der Waals surface area contributed by atoms with Gasteiger partial charge in [0.2, 0.25) is 0 Å². The molecule has 1 aromatic rings. The number of nitro groups is 1. The van der Waals surface area contributed by atoms with Gasteiger partial charge in [-0.15, -0.1) is 0 Å². The number of carboxylic acid groups (broad SMARTS) is 1. The summed E-state index contributed by atoms with van der Waals surface area (Å²) >= 11 is 0.